The normalized spacial score (nSPS) is 20.2. The van der Waals surface area contributed by atoms with Crippen LogP contribution in [0.3, 0.4) is 0 Å². The zero-order chi connectivity index (χ0) is 14.4. The van der Waals surface area contributed by atoms with E-state index in [0.717, 1.165) is 25.9 Å². The van der Waals surface area contributed by atoms with E-state index in [1.54, 1.807) is 6.92 Å². The number of nitrogens with one attached hydrogen (secondary N) is 2. The van der Waals surface area contributed by atoms with Crippen molar-refractivity contribution in [1.29, 1.82) is 0 Å². The van der Waals surface area contributed by atoms with Crippen molar-refractivity contribution >= 4 is 11.9 Å². The van der Waals surface area contributed by atoms with E-state index in [1.807, 2.05) is 13.8 Å². The third-order valence-electron chi connectivity index (χ3n) is 4.02. The number of hydrogen-bond acceptors (Lipinski definition) is 3. The molecule has 0 radical (unpaired) electrons. The first-order valence-corrected chi connectivity index (χ1v) is 7.15. The van der Waals surface area contributed by atoms with Crippen molar-refractivity contribution in [2.75, 3.05) is 13.1 Å². The molecule has 0 saturated carbocycles. The molecule has 3 N–H and O–H groups in total. The van der Waals surface area contributed by atoms with Crippen LogP contribution in [0.15, 0.2) is 0 Å². The lowest BCUT2D eigenvalue weighted by Gasteiger charge is -2.32. The zero-order valence-electron chi connectivity index (χ0n) is 12.1. The van der Waals surface area contributed by atoms with Gasteiger partial charge in [0.05, 0.1) is 5.92 Å². The number of hydrogen-bond donors (Lipinski definition) is 3. The van der Waals surface area contributed by atoms with Gasteiger partial charge < -0.3 is 15.7 Å². The van der Waals surface area contributed by atoms with Gasteiger partial charge in [0.15, 0.2) is 0 Å². The summed E-state index contributed by atoms with van der Waals surface area (Å²) in [5.74, 6) is -0.420. The summed E-state index contributed by atoms with van der Waals surface area (Å²) in [6, 6.07) is 0.115. The fraction of sp³-hybridized carbons (Fsp3) is 0.857. The van der Waals surface area contributed by atoms with Crippen molar-refractivity contribution in [3.05, 3.63) is 0 Å². The van der Waals surface area contributed by atoms with E-state index in [9.17, 15) is 9.59 Å². The van der Waals surface area contributed by atoms with Gasteiger partial charge in [-0.3, -0.25) is 9.59 Å². The van der Waals surface area contributed by atoms with Gasteiger partial charge in [-0.1, -0.05) is 20.3 Å². The SMILES string of the molecule is CC(CCCC(C)C(=O)O)NC(=O)C(C)C1CNC1. The molecule has 110 valence electrons. The topological polar surface area (TPSA) is 78.4 Å². The molecule has 1 aliphatic heterocycles. The standard InChI is InChI=1S/C14H26N2O3/c1-9(14(18)19)5-4-6-10(2)16-13(17)11(3)12-7-15-8-12/h9-12,15H,4-8H2,1-3H3,(H,16,17)(H,18,19). The first-order chi connectivity index (χ1) is 8.91. The Morgan fingerprint density at radius 1 is 1.26 bits per heavy atom. The largest absolute Gasteiger partial charge is 0.481 e. The molecule has 3 unspecified atom stereocenters. The van der Waals surface area contributed by atoms with E-state index in [1.165, 1.54) is 0 Å². The van der Waals surface area contributed by atoms with Crippen LogP contribution in [0.25, 0.3) is 0 Å². The number of carbonyl (C=O) groups is 2. The van der Waals surface area contributed by atoms with Gasteiger partial charge in [-0.15, -0.1) is 0 Å². The minimum Gasteiger partial charge on any atom is -0.481 e. The summed E-state index contributed by atoms with van der Waals surface area (Å²) in [4.78, 5) is 22.6. The van der Waals surface area contributed by atoms with Crippen LogP contribution in [0.2, 0.25) is 0 Å². The van der Waals surface area contributed by atoms with Crippen molar-refractivity contribution in [2.45, 2.75) is 46.1 Å². The average molecular weight is 270 g/mol. The smallest absolute Gasteiger partial charge is 0.306 e. The molecule has 1 aliphatic rings. The Bertz CT molecular complexity index is 316. The lowest BCUT2D eigenvalue weighted by molar-refractivity contribution is -0.141. The first-order valence-electron chi connectivity index (χ1n) is 7.15. The van der Waals surface area contributed by atoms with Gasteiger partial charge >= 0.3 is 5.97 Å². The number of rotatable bonds is 8. The molecule has 19 heavy (non-hydrogen) atoms. The van der Waals surface area contributed by atoms with Crippen molar-refractivity contribution < 1.29 is 14.7 Å². The van der Waals surface area contributed by atoms with Crippen LogP contribution in [0.4, 0.5) is 0 Å². The van der Waals surface area contributed by atoms with Gasteiger partial charge in [-0.2, -0.15) is 0 Å². The second-order valence-electron chi connectivity index (χ2n) is 5.79. The summed E-state index contributed by atoms with van der Waals surface area (Å²) in [6.45, 7) is 7.53. The Hall–Kier alpha value is -1.10. The summed E-state index contributed by atoms with van der Waals surface area (Å²) >= 11 is 0. The lowest BCUT2D eigenvalue weighted by atomic mass is 9.88. The van der Waals surface area contributed by atoms with Crippen molar-refractivity contribution in [3.8, 4) is 0 Å². The van der Waals surface area contributed by atoms with E-state index >= 15 is 0 Å². The van der Waals surface area contributed by atoms with Crippen molar-refractivity contribution in [1.82, 2.24) is 10.6 Å². The summed E-state index contributed by atoms with van der Waals surface area (Å²) in [5, 5.41) is 15.0. The summed E-state index contributed by atoms with van der Waals surface area (Å²) in [6.07, 6.45) is 2.32. The summed E-state index contributed by atoms with van der Waals surface area (Å²) in [5.41, 5.74) is 0. The Kier molecular flexibility index (Phi) is 6.28. The number of carboxylic acids is 1. The highest BCUT2D eigenvalue weighted by molar-refractivity contribution is 5.79. The molecular formula is C14H26N2O3. The molecule has 0 bridgehead atoms. The maximum Gasteiger partial charge on any atom is 0.306 e. The van der Waals surface area contributed by atoms with Gasteiger partial charge in [0.25, 0.3) is 0 Å². The highest BCUT2D eigenvalue weighted by atomic mass is 16.4. The van der Waals surface area contributed by atoms with E-state index in [4.69, 9.17) is 5.11 Å². The monoisotopic (exact) mass is 270 g/mol. The predicted octanol–water partition coefficient (Wildman–Crippen LogP) is 1.24. The number of carboxylic acid groups (broad SMARTS) is 1. The highest BCUT2D eigenvalue weighted by Gasteiger charge is 2.29. The summed E-state index contributed by atoms with van der Waals surface area (Å²) in [7, 11) is 0. The lowest BCUT2D eigenvalue weighted by Crippen LogP contribution is -2.50. The van der Waals surface area contributed by atoms with Crippen LogP contribution < -0.4 is 10.6 Å². The third-order valence-corrected chi connectivity index (χ3v) is 4.02. The molecule has 0 aromatic carbocycles. The van der Waals surface area contributed by atoms with Gasteiger partial charge in [0.1, 0.15) is 0 Å². The Morgan fingerprint density at radius 2 is 1.89 bits per heavy atom. The molecule has 0 spiro atoms. The van der Waals surface area contributed by atoms with Crippen LogP contribution in [0, 0.1) is 17.8 Å². The molecule has 1 amide bonds. The van der Waals surface area contributed by atoms with Crippen LogP contribution in [-0.2, 0) is 9.59 Å². The van der Waals surface area contributed by atoms with Gasteiger partial charge in [0, 0.05) is 12.0 Å². The Balaban J connectivity index is 2.17. The maximum absolute atomic E-state index is 12.0. The third kappa shape index (κ3) is 5.19. The van der Waals surface area contributed by atoms with Gasteiger partial charge in [-0.25, -0.2) is 0 Å². The zero-order valence-corrected chi connectivity index (χ0v) is 12.1. The molecule has 5 heteroatoms. The molecule has 0 aromatic heterocycles. The average Bonchev–Trinajstić information content (AvgIpc) is 2.25. The summed E-state index contributed by atoms with van der Waals surface area (Å²) < 4.78 is 0. The molecule has 1 heterocycles. The van der Waals surface area contributed by atoms with E-state index in [2.05, 4.69) is 10.6 Å². The van der Waals surface area contributed by atoms with E-state index in [-0.39, 0.29) is 23.8 Å². The predicted molar refractivity (Wildman–Crippen MR) is 73.8 cm³/mol. The minimum absolute atomic E-state index is 0.0571. The van der Waals surface area contributed by atoms with E-state index in [0.29, 0.717) is 12.3 Å². The molecule has 1 rings (SSSR count). The molecule has 0 aromatic rings. The number of carbonyl (C=O) groups excluding carboxylic acids is 1. The maximum atomic E-state index is 12.0. The fourth-order valence-corrected chi connectivity index (χ4v) is 2.18. The van der Waals surface area contributed by atoms with Gasteiger partial charge in [-0.05, 0) is 38.8 Å². The molecule has 3 atom stereocenters. The first kappa shape index (κ1) is 16.0. The molecule has 5 nitrogen and oxygen atoms in total. The Morgan fingerprint density at radius 3 is 2.37 bits per heavy atom. The second-order valence-corrected chi connectivity index (χ2v) is 5.79. The molecule has 1 fully saturated rings. The number of aliphatic carboxylic acids is 1. The second kappa shape index (κ2) is 7.48. The minimum atomic E-state index is -0.747. The van der Waals surface area contributed by atoms with Crippen LogP contribution in [-0.4, -0.2) is 36.1 Å². The van der Waals surface area contributed by atoms with Gasteiger partial charge in [0.2, 0.25) is 5.91 Å². The van der Waals surface area contributed by atoms with Crippen molar-refractivity contribution in [2.24, 2.45) is 17.8 Å². The Labute approximate surface area is 115 Å². The molecule has 1 saturated heterocycles. The van der Waals surface area contributed by atoms with Crippen LogP contribution in [0.1, 0.15) is 40.0 Å². The molecule has 0 aliphatic carbocycles. The van der Waals surface area contributed by atoms with E-state index < -0.39 is 5.97 Å². The van der Waals surface area contributed by atoms with Crippen LogP contribution in [0.5, 0.6) is 0 Å². The van der Waals surface area contributed by atoms with Crippen molar-refractivity contribution in [3.63, 3.8) is 0 Å². The molecular weight excluding hydrogens is 244 g/mol. The highest BCUT2D eigenvalue weighted by Crippen LogP contribution is 2.16. The van der Waals surface area contributed by atoms with Crippen LogP contribution >= 0.6 is 0 Å². The fourth-order valence-electron chi connectivity index (χ4n) is 2.18. The number of amides is 1. The quantitative estimate of drug-likeness (QED) is 0.620.